The standard InChI is InChI=1S/C23H29BrN2O2/c1-25(23(28)15-18-7-9-21(24)10-8-18)16-19-11-13-26(14-12-19)17-22(27)20-5-3-2-4-6-20/h2-10,19,22,27H,11-17H2,1H3/t22-/m1/s1. The van der Waals surface area contributed by atoms with Gasteiger partial charge in [0.2, 0.25) is 5.91 Å². The normalized spacial score (nSPS) is 16.7. The van der Waals surface area contributed by atoms with Crippen LogP contribution >= 0.6 is 15.9 Å². The van der Waals surface area contributed by atoms with Gasteiger partial charge in [-0.3, -0.25) is 4.79 Å². The van der Waals surface area contributed by atoms with E-state index in [0.29, 0.717) is 18.9 Å². The Bertz CT molecular complexity index is 743. The lowest BCUT2D eigenvalue weighted by Gasteiger charge is -2.35. The third-order valence-electron chi connectivity index (χ3n) is 5.55. The van der Waals surface area contributed by atoms with Gasteiger partial charge in [-0.15, -0.1) is 0 Å². The summed E-state index contributed by atoms with van der Waals surface area (Å²) in [7, 11) is 1.91. The number of rotatable bonds is 7. The van der Waals surface area contributed by atoms with Crippen molar-refractivity contribution in [3.05, 3.63) is 70.2 Å². The van der Waals surface area contributed by atoms with Crippen molar-refractivity contribution in [2.24, 2.45) is 5.92 Å². The molecule has 0 bridgehead atoms. The van der Waals surface area contributed by atoms with E-state index in [-0.39, 0.29) is 5.91 Å². The molecule has 1 aliphatic heterocycles. The number of aliphatic hydroxyl groups is 1. The Morgan fingerprint density at radius 1 is 1.14 bits per heavy atom. The monoisotopic (exact) mass is 444 g/mol. The fourth-order valence-electron chi connectivity index (χ4n) is 3.78. The summed E-state index contributed by atoms with van der Waals surface area (Å²) in [4.78, 5) is 16.7. The average molecular weight is 445 g/mol. The lowest BCUT2D eigenvalue weighted by Crippen LogP contribution is -2.41. The number of likely N-dealkylation sites (tertiary alicyclic amines) is 1. The van der Waals surface area contributed by atoms with Gasteiger partial charge in [-0.2, -0.15) is 0 Å². The van der Waals surface area contributed by atoms with Crippen LogP contribution in [0.2, 0.25) is 0 Å². The molecule has 150 valence electrons. The van der Waals surface area contributed by atoms with E-state index in [4.69, 9.17) is 0 Å². The van der Waals surface area contributed by atoms with Gasteiger partial charge in [0.15, 0.2) is 0 Å². The lowest BCUT2D eigenvalue weighted by atomic mass is 9.95. The highest BCUT2D eigenvalue weighted by Crippen LogP contribution is 2.21. The number of nitrogens with zero attached hydrogens (tertiary/aromatic N) is 2. The number of carbonyl (C=O) groups excluding carboxylic acids is 1. The van der Waals surface area contributed by atoms with Crippen molar-refractivity contribution in [3.8, 4) is 0 Å². The summed E-state index contributed by atoms with van der Waals surface area (Å²) in [6, 6.07) is 17.8. The number of aliphatic hydroxyl groups excluding tert-OH is 1. The van der Waals surface area contributed by atoms with Gasteiger partial charge in [-0.1, -0.05) is 58.4 Å². The van der Waals surface area contributed by atoms with E-state index < -0.39 is 6.10 Å². The van der Waals surface area contributed by atoms with Crippen molar-refractivity contribution in [2.45, 2.75) is 25.4 Å². The molecule has 1 amide bonds. The molecular formula is C23H29BrN2O2. The topological polar surface area (TPSA) is 43.8 Å². The van der Waals surface area contributed by atoms with Gasteiger partial charge >= 0.3 is 0 Å². The van der Waals surface area contributed by atoms with Crippen LogP contribution in [0.25, 0.3) is 0 Å². The molecule has 28 heavy (non-hydrogen) atoms. The van der Waals surface area contributed by atoms with Gasteiger partial charge < -0.3 is 14.9 Å². The number of hydrogen-bond donors (Lipinski definition) is 1. The molecule has 4 nitrogen and oxygen atoms in total. The minimum Gasteiger partial charge on any atom is -0.387 e. The molecule has 1 atom stereocenters. The molecule has 0 spiro atoms. The van der Waals surface area contributed by atoms with Crippen LogP contribution in [0.5, 0.6) is 0 Å². The third-order valence-corrected chi connectivity index (χ3v) is 6.08. The van der Waals surface area contributed by atoms with E-state index in [9.17, 15) is 9.90 Å². The van der Waals surface area contributed by atoms with Crippen LogP contribution in [0.4, 0.5) is 0 Å². The summed E-state index contributed by atoms with van der Waals surface area (Å²) in [5, 5.41) is 10.4. The number of piperidine rings is 1. The highest BCUT2D eigenvalue weighted by molar-refractivity contribution is 9.10. The first-order valence-electron chi connectivity index (χ1n) is 9.95. The second-order valence-corrected chi connectivity index (χ2v) is 8.66. The number of halogens is 1. The molecular weight excluding hydrogens is 416 g/mol. The predicted molar refractivity (Wildman–Crippen MR) is 116 cm³/mol. The molecule has 0 saturated carbocycles. The number of likely N-dealkylation sites (N-methyl/N-ethyl adjacent to an activating group) is 1. The Hall–Kier alpha value is -1.69. The minimum absolute atomic E-state index is 0.171. The second-order valence-electron chi connectivity index (χ2n) is 7.75. The zero-order chi connectivity index (χ0) is 19.9. The van der Waals surface area contributed by atoms with Crippen molar-refractivity contribution in [2.75, 3.05) is 33.2 Å². The van der Waals surface area contributed by atoms with E-state index in [1.54, 1.807) is 0 Å². The van der Waals surface area contributed by atoms with Crippen LogP contribution in [0.1, 0.15) is 30.1 Å². The SMILES string of the molecule is CN(CC1CCN(C[C@@H](O)c2ccccc2)CC1)C(=O)Cc1ccc(Br)cc1. The van der Waals surface area contributed by atoms with Crippen molar-refractivity contribution in [1.82, 2.24) is 9.80 Å². The average Bonchev–Trinajstić information content (AvgIpc) is 2.71. The largest absolute Gasteiger partial charge is 0.387 e. The molecule has 0 unspecified atom stereocenters. The van der Waals surface area contributed by atoms with Crippen molar-refractivity contribution in [3.63, 3.8) is 0 Å². The molecule has 1 saturated heterocycles. The number of hydrogen-bond acceptors (Lipinski definition) is 3. The van der Waals surface area contributed by atoms with E-state index in [2.05, 4.69) is 20.8 Å². The molecule has 1 fully saturated rings. The first-order valence-corrected chi connectivity index (χ1v) is 10.7. The van der Waals surface area contributed by atoms with Crippen LogP contribution in [-0.4, -0.2) is 54.0 Å². The molecule has 1 N–H and O–H groups in total. The number of β-amino-alcohol motifs (C(OH)–C–C–N with tert-alkyl or cyclic N) is 1. The Kier molecular flexibility index (Phi) is 7.65. The van der Waals surface area contributed by atoms with Gasteiger partial charge in [0.05, 0.1) is 12.5 Å². The van der Waals surface area contributed by atoms with Crippen molar-refractivity contribution >= 4 is 21.8 Å². The molecule has 0 aliphatic carbocycles. The smallest absolute Gasteiger partial charge is 0.226 e. The summed E-state index contributed by atoms with van der Waals surface area (Å²) >= 11 is 3.42. The van der Waals surface area contributed by atoms with Gasteiger partial charge in [0.25, 0.3) is 0 Å². The fraction of sp³-hybridized carbons (Fsp3) is 0.435. The van der Waals surface area contributed by atoms with Gasteiger partial charge in [0.1, 0.15) is 0 Å². The van der Waals surface area contributed by atoms with Crippen LogP contribution in [-0.2, 0) is 11.2 Å². The number of amides is 1. The summed E-state index contributed by atoms with van der Waals surface area (Å²) in [6.07, 6.45) is 2.15. The minimum atomic E-state index is -0.437. The quantitative estimate of drug-likeness (QED) is 0.703. The molecule has 1 aliphatic rings. The molecule has 0 aromatic heterocycles. The predicted octanol–water partition coefficient (Wildman–Crippen LogP) is 3.90. The van der Waals surface area contributed by atoms with E-state index in [1.807, 2.05) is 66.5 Å². The highest BCUT2D eigenvalue weighted by atomic mass is 79.9. The maximum atomic E-state index is 12.5. The summed E-state index contributed by atoms with van der Waals surface area (Å²) in [6.45, 7) is 3.44. The Labute approximate surface area is 176 Å². The molecule has 2 aromatic rings. The molecule has 0 radical (unpaired) electrons. The second kappa shape index (κ2) is 10.2. The zero-order valence-corrected chi connectivity index (χ0v) is 18.0. The first kappa shape index (κ1) is 21.0. The highest BCUT2D eigenvalue weighted by Gasteiger charge is 2.23. The number of benzene rings is 2. The molecule has 2 aromatic carbocycles. The maximum absolute atomic E-state index is 12.5. The fourth-order valence-corrected chi connectivity index (χ4v) is 4.04. The Morgan fingerprint density at radius 2 is 1.79 bits per heavy atom. The molecule has 1 heterocycles. The molecule has 5 heteroatoms. The van der Waals surface area contributed by atoms with Gasteiger partial charge in [-0.25, -0.2) is 0 Å². The van der Waals surface area contributed by atoms with Crippen molar-refractivity contribution < 1.29 is 9.90 Å². The maximum Gasteiger partial charge on any atom is 0.226 e. The van der Waals surface area contributed by atoms with Crippen LogP contribution in [0.3, 0.4) is 0 Å². The van der Waals surface area contributed by atoms with Crippen LogP contribution < -0.4 is 0 Å². The summed E-state index contributed by atoms with van der Waals surface area (Å²) in [5.74, 6) is 0.702. The first-order chi connectivity index (χ1) is 13.5. The van der Waals surface area contributed by atoms with E-state index in [1.165, 1.54) is 0 Å². The van der Waals surface area contributed by atoms with Gasteiger partial charge in [0, 0.05) is 24.6 Å². The Balaban J connectivity index is 1.41. The van der Waals surface area contributed by atoms with Crippen LogP contribution in [0, 0.1) is 5.92 Å². The molecule has 3 rings (SSSR count). The van der Waals surface area contributed by atoms with E-state index >= 15 is 0 Å². The van der Waals surface area contributed by atoms with E-state index in [0.717, 1.165) is 48.1 Å². The summed E-state index contributed by atoms with van der Waals surface area (Å²) < 4.78 is 1.03. The van der Waals surface area contributed by atoms with Crippen molar-refractivity contribution in [1.29, 1.82) is 0 Å². The third kappa shape index (κ3) is 6.16. The number of carbonyl (C=O) groups is 1. The van der Waals surface area contributed by atoms with Crippen LogP contribution in [0.15, 0.2) is 59.1 Å². The summed E-state index contributed by atoms with van der Waals surface area (Å²) in [5.41, 5.74) is 2.02. The zero-order valence-electron chi connectivity index (χ0n) is 16.4. The lowest BCUT2D eigenvalue weighted by molar-refractivity contribution is -0.129. The van der Waals surface area contributed by atoms with Gasteiger partial charge in [-0.05, 0) is 55.1 Å². The Morgan fingerprint density at radius 3 is 2.43 bits per heavy atom.